The molecule has 1 aliphatic rings. The lowest BCUT2D eigenvalue weighted by Crippen LogP contribution is -2.52. The minimum absolute atomic E-state index is 0.0683. The fourth-order valence-corrected chi connectivity index (χ4v) is 1.17. The first kappa shape index (κ1) is 7.54. The van der Waals surface area contributed by atoms with E-state index < -0.39 is 0 Å². The van der Waals surface area contributed by atoms with E-state index in [0.717, 1.165) is 25.9 Å². The summed E-state index contributed by atoms with van der Waals surface area (Å²) in [6.07, 6.45) is 2.01. The molecule has 1 aliphatic heterocycles. The smallest absolute Gasteiger partial charge is 0.237 e. The number of nitrogens with one attached hydrogen (secondary N) is 2. The van der Waals surface area contributed by atoms with Gasteiger partial charge in [0.2, 0.25) is 5.91 Å². The Balaban J connectivity index is 2.32. The summed E-state index contributed by atoms with van der Waals surface area (Å²) in [6.45, 7) is 3.78. The number of carbonyl (C=O) groups excluding carboxylic acids is 1. The van der Waals surface area contributed by atoms with Gasteiger partial charge in [0.15, 0.2) is 0 Å². The lowest BCUT2D eigenvalue weighted by Gasteiger charge is -2.22. The van der Waals surface area contributed by atoms with E-state index in [1.807, 2.05) is 0 Å². The lowest BCUT2D eigenvalue weighted by molar-refractivity contribution is -0.124. The van der Waals surface area contributed by atoms with Gasteiger partial charge in [-0.1, -0.05) is 13.3 Å². The highest BCUT2D eigenvalue weighted by Gasteiger charge is 2.19. The Morgan fingerprint density at radius 1 is 1.60 bits per heavy atom. The van der Waals surface area contributed by atoms with Gasteiger partial charge in [0.05, 0.1) is 6.04 Å². The fraction of sp³-hybridized carbons (Fsp3) is 0.857. The maximum atomic E-state index is 11.0. The molecule has 0 aromatic carbocycles. The number of amides is 1. The van der Waals surface area contributed by atoms with Gasteiger partial charge in [0, 0.05) is 13.1 Å². The predicted octanol–water partition coefficient (Wildman–Crippen LogP) is -0.126. The second kappa shape index (κ2) is 3.56. The highest BCUT2D eigenvalue weighted by molar-refractivity contribution is 5.82. The van der Waals surface area contributed by atoms with Crippen molar-refractivity contribution in [2.75, 3.05) is 13.1 Å². The number of carbonyl (C=O) groups is 1. The molecule has 1 heterocycles. The molecule has 1 fully saturated rings. The molecule has 58 valence electrons. The van der Waals surface area contributed by atoms with E-state index in [9.17, 15) is 4.79 Å². The number of hydrogen-bond donors (Lipinski definition) is 2. The maximum Gasteiger partial charge on any atom is 0.237 e. The van der Waals surface area contributed by atoms with Crippen molar-refractivity contribution < 1.29 is 4.79 Å². The Kier molecular flexibility index (Phi) is 2.68. The molecule has 1 amide bonds. The molecule has 0 aliphatic carbocycles. The molecule has 10 heavy (non-hydrogen) atoms. The monoisotopic (exact) mass is 142 g/mol. The van der Waals surface area contributed by atoms with Crippen molar-refractivity contribution in [2.24, 2.45) is 0 Å². The van der Waals surface area contributed by atoms with Gasteiger partial charge >= 0.3 is 0 Å². The van der Waals surface area contributed by atoms with Gasteiger partial charge in [0.1, 0.15) is 0 Å². The average Bonchev–Trinajstić information content (AvgIpc) is 1.94. The molecule has 0 aromatic rings. The molecular formula is C7H14N2O. The first-order valence-corrected chi connectivity index (χ1v) is 3.85. The third-order valence-corrected chi connectivity index (χ3v) is 1.71. The van der Waals surface area contributed by atoms with Crippen molar-refractivity contribution in [1.82, 2.24) is 10.6 Å². The first-order chi connectivity index (χ1) is 4.84. The van der Waals surface area contributed by atoms with Crippen LogP contribution in [0.2, 0.25) is 0 Å². The van der Waals surface area contributed by atoms with Crippen LogP contribution in [0, 0.1) is 0 Å². The standard InChI is InChI=1S/C7H14N2O/c1-2-3-6-7(10)9-5-4-8-6/h6,8H,2-5H2,1H3,(H,9,10). The minimum atomic E-state index is 0.0683. The van der Waals surface area contributed by atoms with Crippen LogP contribution in [0.4, 0.5) is 0 Å². The minimum Gasteiger partial charge on any atom is -0.353 e. The highest BCUT2D eigenvalue weighted by Crippen LogP contribution is 1.98. The van der Waals surface area contributed by atoms with Crippen LogP contribution in [0.25, 0.3) is 0 Å². The second-order valence-corrected chi connectivity index (χ2v) is 2.59. The van der Waals surface area contributed by atoms with Crippen LogP contribution in [0.1, 0.15) is 19.8 Å². The van der Waals surface area contributed by atoms with Crippen LogP contribution in [-0.2, 0) is 4.79 Å². The molecule has 2 N–H and O–H groups in total. The third kappa shape index (κ3) is 1.70. The summed E-state index contributed by atoms with van der Waals surface area (Å²) in [5, 5.41) is 5.97. The van der Waals surface area contributed by atoms with Gasteiger partial charge in [-0.15, -0.1) is 0 Å². The fourth-order valence-electron chi connectivity index (χ4n) is 1.17. The van der Waals surface area contributed by atoms with E-state index in [2.05, 4.69) is 17.6 Å². The van der Waals surface area contributed by atoms with E-state index >= 15 is 0 Å². The van der Waals surface area contributed by atoms with Crippen LogP contribution < -0.4 is 10.6 Å². The Bertz CT molecular complexity index is 123. The van der Waals surface area contributed by atoms with Gasteiger partial charge in [-0.05, 0) is 6.42 Å². The zero-order valence-corrected chi connectivity index (χ0v) is 6.31. The van der Waals surface area contributed by atoms with Crippen molar-refractivity contribution in [3.63, 3.8) is 0 Å². The summed E-state index contributed by atoms with van der Waals surface area (Å²) in [5.74, 6) is 0.160. The SMILES string of the molecule is CCCC1NCCNC1=O. The van der Waals surface area contributed by atoms with Crippen molar-refractivity contribution in [3.05, 3.63) is 0 Å². The normalized spacial score (nSPS) is 26.1. The summed E-state index contributed by atoms with van der Waals surface area (Å²) < 4.78 is 0. The highest BCUT2D eigenvalue weighted by atomic mass is 16.2. The molecule has 3 heteroatoms. The molecule has 0 radical (unpaired) electrons. The van der Waals surface area contributed by atoms with Gasteiger partial charge < -0.3 is 10.6 Å². The number of piperazine rings is 1. The van der Waals surface area contributed by atoms with E-state index in [1.54, 1.807) is 0 Å². The van der Waals surface area contributed by atoms with E-state index in [0.29, 0.717) is 0 Å². The van der Waals surface area contributed by atoms with Crippen molar-refractivity contribution in [1.29, 1.82) is 0 Å². The van der Waals surface area contributed by atoms with Crippen LogP contribution in [0.15, 0.2) is 0 Å². The topological polar surface area (TPSA) is 41.1 Å². The van der Waals surface area contributed by atoms with Crippen LogP contribution >= 0.6 is 0 Å². The predicted molar refractivity (Wildman–Crippen MR) is 39.7 cm³/mol. The summed E-state index contributed by atoms with van der Waals surface area (Å²) in [7, 11) is 0. The van der Waals surface area contributed by atoms with Crippen LogP contribution in [0.5, 0.6) is 0 Å². The average molecular weight is 142 g/mol. The zero-order chi connectivity index (χ0) is 7.40. The molecule has 0 aromatic heterocycles. The summed E-state index contributed by atoms with van der Waals surface area (Å²) in [6, 6.07) is 0.0683. The Labute approximate surface area is 61.2 Å². The molecule has 3 nitrogen and oxygen atoms in total. The zero-order valence-electron chi connectivity index (χ0n) is 6.31. The molecule has 0 spiro atoms. The van der Waals surface area contributed by atoms with Gasteiger partial charge in [0.25, 0.3) is 0 Å². The van der Waals surface area contributed by atoms with Crippen LogP contribution in [-0.4, -0.2) is 25.0 Å². The molecule has 1 unspecified atom stereocenters. The Hall–Kier alpha value is -0.570. The largest absolute Gasteiger partial charge is 0.353 e. The van der Waals surface area contributed by atoms with Crippen LogP contribution in [0.3, 0.4) is 0 Å². The van der Waals surface area contributed by atoms with Gasteiger partial charge in [-0.2, -0.15) is 0 Å². The second-order valence-electron chi connectivity index (χ2n) is 2.59. The molecule has 1 atom stereocenters. The molecular weight excluding hydrogens is 128 g/mol. The summed E-state index contributed by atoms with van der Waals surface area (Å²) in [4.78, 5) is 11.0. The molecule has 0 saturated carbocycles. The summed E-state index contributed by atoms with van der Waals surface area (Å²) >= 11 is 0. The van der Waals surface area contributed by atoms with E-state index in [-0.39, 0.29) is 11.9 Å². The quantitative estimate of drug-likeness (QED) is 0.564. The van der Waals surface area contributed by atoms with E-state index in [1.165, 1.54) is 0 Å². The Morgan fingerprint density at radius 2 is 2.40 bits per heavy atom. The molecule has 1 rings (SSSR count). The molecule has 1 saturated heterocycles. The molecule has 0 bridgehead atoms. The van der Waals surface area contributed by atoms with E-state index in [4.69, 9.17) is 0 Å². The first-order valence-electron chi connectivity index (χ1n) is 3.85. The Morgan fingerprint density at radius 3 is 3.00 bits per heavy atom. The summed E-state index contributed by atoms with van der Waals surface area (Å²) in [5.41, 5.74) is 0. The number of rotatable bonds is 2. The van der Waals surface area contributed by atoms with Gasteiger partial charge in [-0.3, -0.25) is 4.79 Å². The number of hydrogen-bond acceptors (Lipinski definition) is 2. The van der Waals surface area contributed by atoms with Crippen molar-refractivity contribution >= 4 is 5.91 Å². The third-order valence-electron chi connectivity index (χ3n) is 1.71. The van der Waals surface area contributed by atoms with Gasteiger partial charge in [-0.25, -0.2) is 0 Å². The maximum absolute atomic E-state index is 11.0. The van der Waals surface area contributed by atoms with Crippen molar-refractivity contribution in [2.45, 2.75) is 25.8 Å². The lowest BCUT2D eigenvalue weighted by atomic mass is 10.1. The van der Waals surface area contributed by atoms with Crippen molar-refractivity contribution in [3.8, 4) is 0 Å².